The van der Waals surface area contributed by atoms with Gasteiger partial charge in [-0.25, -0.2) is 0 Å². The first-order chi connectivity index (χ1) is 4.41. The number of ether oxygens (including phenoxy) is 1. The fraction of sp³-hybridized carbons (Fsp3) is 1.00. The van der Waals surface area contributed by atoms with E-state index in [0.29, 0.717) is 6.61 Å². The molecule has 1 aliphatic heterocycles. The smallest absolute Gasteiger partial charge is 0.370 e. The summed E-state index contributed by atoms with van der Waals surface area (Å²) in [5, 5.41) is 0. The van der Waals surface area contributed by atoms with Crippen LogP contribution in [0.2, 0.25) is 0 Å². The van der Waals surface area contributed by atoms with Crippen molar-refractivity contribution in [3.05, 3.63) is 0 Å². The van der Waals surface area contributed by atoms with E-state index in [1.807, 2.05) is 0 Å². The topological polar surface area (TPSA) is 12.5 Å². The molecule has 60 valence electrons. The number of hydrogen-bond donors (Lipinski definition) is 0. The molecule has 0 aliphatic carbocycles. The van der Waals surface area contributed by atoms with Crippen molar-refractivity contribution in [2.24, 2.45) is 0 Å². The van der Waals surface area contributed by atoms with Crippen LogP contribution < -0.4 is 0 Å². The zero-order chi connectivity index (χ0) is 7.83. The minimum atomic E-state index is -4.03. The first kappa shape index (κ1) is 7.85. The molecular formula is C6H9F3O. The van der Waals surface area contributed by atoms with Crippen LogP contribution in [0.4, 0.5) is 13.2 Å². The van der Waals surface area contributed by atoms with E-state index in [4.69, 9.17) is 4.74 Å². The summed E-state index contributed by atoms with van der Waals surface area (Å²) in [6, 6.07) is 0. The maximum Gasteiger partial charge on any atom is 0.389 e. The molecule has 0 spiro atoms. The quantitative estimate of drug-likeness (QED) is 0.555. The Kier molecular flexibility index (Phi) is 1.66. The molecule has 1 fully saturated rings. The third kappa shape index (κ3) is 2.56. The number of epoxide rings is 1. The molecule has 1 nitrogen and oxygen atoms in total. The molecule has 4 heteroatoms. The fourth-order valence-corrected chi connectivity index (χ4v) is 0.674. The Balaban J connectivity index is 2.17. The minimum absolute atomic E-state index is 0.0938. The molecule has 0 amide bonds. The van der Waals surface area contributed by atoms with Crippen molar-refractivity contribution in [1.29, 1.82) is 0 Å². The molecule has 1 saturated heterocycles. The summed E-state index contributed by atoms with van der Waals surface area (Å²) in [7, 11) is 0. The Morgan fingerprint density at radius 1 is 1.50 bits per heavy atom. The lowest BCUT2D eigenvalue weighted by molar-refractivity contribution is -0.137. The lowest BCUT2D eigenvalue weighted by Crippen LogP contribution is -2.13. The molecule has 1 atom stereocenters. The number of hydrogen-bond acceptors (Lipinski definition) is 1. The van der Waals surface area contributed by atoms with Gasteiger partial charge in [-0.1, -0.05) is 0 Å². The molecule has 0 radical (unpaired) electrons. The van der Waals surface area contributed by atoms with E-state index in [-0.39, 0.29) is 6.42 Å². The van der Waals surface area contributed by atoms with Gasteiger partial charge in [-0.2, -0.15) is 13.2 Å². The molecule has 1 heterocycles. The van der Waals surface area contributed by atoms with Gasteiger partial charge in [-0.3, -0.25) is 0 Å². The molecule has 1 aliphatic rings. The van der Waals surface area contributed by atoms with Gasteiger partial charge in [0.05, 0.1) is 12.2 Å². The van der Waals surface area contributed by atoms with E-state index < -0.39 is 18.2 Å². The standard InChI is InChI=1S/C6H9F3O/c1-5(4-10-5)2-3-6(7,8)9/h2-4H2,1H3. The van der Waals surface area contributed by atoms with E-state index in [2.05, 4.69) is 0 Å². The van der Waals surface area contributed by atoms with Gasteiger partial charge >= 0.3 is 6.18 Å². The van der Waals surface area contributed by atoms with E-state index in [1.54, 1.807) is 6.92 Å². The SMILES string of the molecule is CC1(CCC(F)(F)F)CO1. The van der Waals surface area contributed by atoms with Crippen LogP contribution in [-0.2, 0) is 4.74 Å². The van der Waals surface area contributed by atoms with Crippen LogP contribution in [0.3, 0.4) is 0 Å². The van der Waals surface area contributed by atoms with Crippen molar-refractivity contribution < 1.29 is 17.9 Å². The maximum absolute atomic E-state index is 11.6. The summed E-state index contributed by atoms with van der Waals surface area (Å²) in [6.45, 7) is 2.17. The second-order valence-electron chi connectivity index (χ2n) is 2.85. The Bertz CT molecular complexity index is 120. The molecule has 0 saturated carbocycles. The van der Waals surface area contributed by atoms with E-state index in [1.165, 1.54) is 0 Å². The second kappa shape index (κ2) is 2.12. The lowest BCUT2D eigenvalue weighted by Gasteiger charge is -2.07. The Morgan fingerprint density at radius 3 is 2.30 bits per heavy atom. The average molecular weight is 154 g/mol. The molecule has 0 aromatic carbocycles. The van der Waals surface area contributed by atoms with Crippen molar-refractivity contribution in [2.75, 3.05) is 6.61 Å². The van der Waals surface area contributed by atoms with Gasteiger partial charge in [-0.05, 0) is 13.3 Å². The van der Waals surface area contributed by atoms with Crippen LogP contribution in [0.25, 0.3) is 0 Å². The van der Waals surface area contributed by atoms with Gasteiger partial charge in [0.1, 0.15) is 0 Å². The van der Waals surface area contributed by atoms with Crippen molar-refractivity contribution in [3.63, 3.8) is 0 Å². The molecule has 1 unspecified atom stereocenters. The normalized spacial score (nSPS) is 32.4. The highest BCUT2D eigenvalue weighted by atomic mass is 19.4. The zero-order valence-corrected chi connectivity index (χ0v) is 5.66. The highest BCUT2D eigenvalue weighted by Crippen LogP contribution is 2.35. The predicted molar refractivity (Wildman–Crippen MR) is 29.6 cm³/mol. The third-order valence-electron chi connectivity index (χ3n) is 1.57. The van der Waals surface area contributed by atoms with Gasteiger partial charge in [0, 0.05) is 6.42 Å². The molecule has 0 bridgehead atoms. The Labute approximate surface area is 57.2 Å². The Morgan fingerprint density at radius 2 is 2.00 bits per heavy atom. The molecular weight excluding hydrogens is 145 g/mol. The minimum Gasteiger partial charge on any atom is -0.370 e. The summed E-state index contributed by atoms with van der Waals surface area (Å²) in [5.74, 6) is 0. The van der Waals surface area contributed by atoms with Crippen molar-refractivity contribution in [3.8, 4) is 0 Å². The molecule has 0 aromatic heterocycles. The van der Waals surface area contributed by atoms with Crippen molar-refractivity contribution in [1.82, 2.24) is 0 Å². The highest BCUT2D eigenvalue weighted by molar-refractivity contribution is 4.87. The first-order valence-electron chi connectivity index (χ1n) is 3.12. The second-order valence-corrected chi connectivity index (χ2v) is 2.85. The van der Waals surface area contributed by atoms with Gasteiger partial charge < -0.3 is 4.74 Å². The Hall–Kier alpha value is -0.250. The number of rotatable bonds is 2. The largest absolute Gasteiger partial charge is 0.389 e. The maximum atomic E-state index is 11.6. The van der Waals surface area contributed by atoms with Gasteiger partial charge in [0.25, 0.3) is 0 Å². The van der Waals surface area contributed by atoms with Crippen molar-refractivity contribution >= 4 is 0 Å². The fourth-order valence-electron chi connectivity index (χ4n) is 0.674. The van der Waals surface area contributed by atoms with E-state index in [9.17, 15) is 13.2 Å². The lowest BCUT2D eigenvalue weighted by atomic mass is 10.1. The van der Waals surface area contributed by atoms with Crippen LogP contribution >= 0.6 is 0 Å². The van der Waals surface area contributed by atoms with Crippen LogP contribution in [0, 0.1) is 0 Å². The zero-order valence-electron chi connectivity index (χ0n) is 5.66. The average Bonchev–Trinajstić information content (AvgIpc) is 2.43. The number of halogens is 3. The first-order valence-corrected chi connectivity index (χ1v) is 3.12. The molecule has 1 rings (SSSR count). The van der Waals surface area contributed by atoms with Gasteiger partial charge in [0.15, 0.2) is 0 Å². The number of alkyl halides is 3. The molecule has 0 N–H and O–H groups in total. The van der Waals surface area contributed by atoms with Crippen LogP contribution in [0.1, 0.15) is 19.8 Å². The van der Waals surface area contributed by atoms with Crippen LogP contribution in [0.5, 0.6) is 0 Å². The predicted octanol–water partition coefficient (Wildman–Crippen LogP) is 2.12. The summed E-state index contributed by atoms with van der Waals surface area (Å²) < 4.78 is 39.5. The molecule has 10 heavy (non-hydrogen) atoms. The van der Waals surface area contributed by atoms with E-state index in [0.717, 1.165) is 0 Å². The third-order valence-corrected chi connectivity index (χ3v) is 1.57. The summed E-state index contributed by atoms with van der Waals surface area (Å²) in [5.41, 5.74) is -0.463. The van der Waals surface area contributed by atoms with Crippen LogP contribution in [0.15, 0.2) is 0 Å². The summed E-state index contributed by atoms with van der Waals surface area (Å²) in [4.78, 5) is 0. The van der Waals surface area contributed by atoms with Crippen molar-refractivity contribution in [2.45, 2.75) is 31.5 Å². The molecule has 0 aromatic rings. The monoisotopic (exact) mass is 154 g/mol. The highest BCUT2D eigenvalue weighted by Gasteiger charge is 2.42. The summed E-state index contributed by atoms with van der Waals surface area (Å²) in [6.07, 6.45) is -4.67. The van der Waals surface area contributed by atoms with Gasteiger partial charge in [-0.15, -0.1) is 0 Å². The summed E-state index contributed by atoms with van der Waals surface area (Å²) >= 11 is 0. The van der Waals surface area contributed by atoms with Crippen LogP contribution in [-0.4, -0.2) is 18.4 Å². The van der Waals surface area contributed by atoms with E-state index >= 15 is 0 Å². The van der Waals surface area contributed by atoms with Gasteiger partial charge in [0.2, 0.25) is 0 Å².